The predicted octanol–water partition coefficient (Wildman–Crippen LogP) is 3.97. The van der Waals surface area contributed by atoms with E-state index in [0.717, 1.165) is 10.2 Å². The van der Waals surface area contributed by atoms with Crippen molar-refractivity contribution < 1.29 is 0 Å². The van der Waals surface area contributed by atoms with Crippen LogP contribution in [0, 0.1) is 0 Å². The molecule has 15 heavy (non-hydrogen) atoms. The smallest absolute Gasteiger partial charge is 0.183 e. The van der Waals surface area contributed by atoms with Crippen LogP contribution in [0.15, 0.2) is 35.8 Å². The highest BCUT2D eigenvalue weighted by atomic mass is 35.5. The zero-order valence-corrected chi connectivity index (χ0v) is 9.85. The van der Waals surface area contributed by atoms with Crippen molar-refractivity contribution in [1.29, 1.82) is 0 Å². The highest BCUT2D eigenvalue weighted by molar-refractivity contribution is 7.13. The molecular weight excluding hydrogens is 228 g/mol. The van der Waals surface area contributed by atoms with E-state index in [2.05, 4.69) is 17.2 Å². The summed E-state index contributed by atoms with van der Waals surface area (Å²) < 4.78 is 0. The van der Waals surface area contributed by atoms with Gasteiger partial charge in [0, 0.05) is 16.6 Å². The Hall–Kier alpha value is -1.06. The zero-order chi connectivity index (χ0) is 10.7. The number of thiazole rings is 1. The molecule has 0 saturated carbocycles. The Labute approximate surface area is 97.9 Å². The number of nitrogens with zero attached hydrogens (tertiary/aromatic N) is 1. The molecule has 0 bridgehead atoms. The standard InChI is InChI=1S/C11H11ClN2S/c1-8(14-11-13-6-7-15-11)9-2-4-10(12)5-3-9/h2-8H,1H3,(H,13,14). The first-order chi connectivity index (χ1) is 7.25. The number of anilines is 1. The van der Waals surface area contributed by atoms with E-state index < -0.39 is 0 Å². The van der Waals surface area contributed by atoms with Crippen LogP contribution >= 0.6 is 22.9 Å². The second kappa shape index (κ2) is 4.64. The minimum absolute atomic E-state index is 0.244. The van der Waals surface area contributed by atoms with E-state index in [1.165, 1.54) is 5.56 Å². The van der Waals surface area contributed by atoms with Gasteiger partial charge in [-0.3, -0.25) is 0 Å². The number of benzene rings is 1. The summed E-state index contributed by atoms with van der Waals surface area (Å²) in [5.41, 5.74) is 1.20. The van der Waals surface area contributed by atoms with Crippen LogP contribution in [0.3, 0.4) is 0 Å². The van der Waals surface area contributed by atoms with Gasteiger partial charge in [0.2, 0.25) is 0 Å². The molecule has 1 atom stereocenters. The average molecular weight is 239 g/mol. The van der Waals surface area contributed by atoms with E-state index in [-0.39, 0.29) is 6.04 Å². The molecule has 1 aromatic carbocycles. The summed E-state index contributed by atoms with van der Waals surface area (Å²) in [6, 6.07) is 8.09. The highest BCUT2D eigenvalue weighted by Crippen LogP contribution is 2.21. The number of nitrogens with one attached hydrogen (secondary N) is 1. The SMILES string of the molecule is CC(Nc1nccs1)c1ccc(Cl)cc1. The molecular formula is C11H11ClN2S. The van der Waals surface area contributed by atoms with Crippen LogP contribution in [0.25, 0.3) is 0 Å². The maximum absolute atomic E-state index is 5.83. The Kier molecular flexibility index (Phi) is 3.23. The molecule has 0 aliphatic heterocycles. The van der Waals surface area contributed by atoms with Crippen molar-refractivity contribution in [3.63, 3.8) is 0 Å². The highest BCUT2D eigenvalue weighted by Gasteiger charge is 2.05. The molecule has 2 nitrogen and oxygen atoms in total. The summed E-state index contributed by atoms with van der Waals surface area (Å²) in [7, 11) is 0. The van der Waals surface area contributed by atoms with E-state index in [9.17, 15) is 0 Å². The van der Waals surface area contributed by atoms with Gasteiger partial charge >= 0.3 is 0 Å². The first-order valence-electron chi connectivity index (χ1n) is 4.67. The van der Waals surface area contributed by atoms with Gasteiger partial charge in [0.25, 0.3) is 0 Å². The Morgan fingerprint density at radius 2 is 2.07 bits per heavy atom. The number of hydrogen-bond donors (Lipinski definition) is 1. The van der Waals surface area contributed by atoms with Crippen LogP contribution in [-0.4, -0.2) is 4.98 Å². The van der Waals surface area contributed by atoms with Gasteiger partial charge in [-0.15, -0.1) is 11.3 Å². The van der Waals surface area contributed by atoms with Crippen molar-refractivity contribution in [1.82, 2.24) is 4.98 Å². The molecule has 0 aliphatic carbocycles. The third-order valence-corrected chi connectivity index (χ3v) is 3.10. The molecule has 1 heterocycles. The van der Waals surface area contributed by atoms with E-state index in [1.54, 1.807) is 17.5 Å². The summed E-state index contributed by atoms with van der Waals surface area (Å²) in [6.07, 6.45) is 1.79. The minimum atomic E-state index is 0.244. The molecule has 0 saturated heterocycles. The first-order valence-corrected chi connectivity index (χ1v) is 5.93. The van der Waals surface area contributed by atoms with Crippen LogP contribution in [0.1, 0.15) is 18.5 Å². The van der Waals surface area contributed by atoms with Gasteiger partial charge in [-0.05, 0) is 24.6 Å². The monoisotopic (exact) mass is 238 g/mol. The lowest BCUT2D eigenvalue weighted by atomic mass is 10.1. The maximum Gasteiger partial charge on any atom is 0.183 e. The van der Waals surface area contributed by atoms with Gasteiger partial charge in [0.15, 0.2) is 5.13 Å². The van der Waals surface area contributed by atoms with E-state index in [0.29, 0.717) is 0 Å². The largest absolute Gasteiger partial charge is 0.355 e. The molecule has 78 valence electrons. The zero-order valence-electron chi connectivity index (χ0n) is 8.27. The fourth-order valence-corrected chi connectivity index (χ4v) is 2.06. The summed E-state index contributed by atoms with van der Waals surface area (Å²) in [5, 5.41) is 6.98. The molecule has 0 aliphatic rings. The summed E-state index contributed by atoms with van der Waals surface area (Å²) in [5.74, 6) is 0. The van der Waals surface area contributed by atoms with Crippen molar-refractivity contribution >= 4 is 28.1 Å². The second-order valence-electron chi connectivity index (χ2n) is 3.25. The second-order valence-corrected chi connectivity index (χ2v) is 4.59. The fraction of sp³-hybridized carbons (Fsp3) is 0.182. The van der Waals surface area contributed by atoms with Crippen LogP contribution in [0.2, 0.25) is 5.02 Å². The Morgan fingerprint density at radius 1 is 1.33 bits per heavy atom. The van der Waals surface area contributed by atoms with Crippen LogP contribution in [0.5, 0.6) is 0 Å². The lowest BCUT2D eigenvalue weighted by Gasteiger charge is -2.12. The van der Waals surface area contributed by atoms with Crippen molar-refractivity contribution in [2.45, 2.75) is 13.0 Å². The Bertz CT molecular complexity index is 411. The third kappa shape index (κ3) is 2.70. The van der Waals surface area contributed by atoms with Gasteiger partial charge in [-0.1, -0.05) is 23.7 Å². The normalized spacial score (nSPS) is 12.4. The van der Waals surface area contributed by atoms with Crippen LogP contribution in [-0.2, 0) is 0 Å². The lowest BCUT2D eigenvalue weighted by Crippen LogP contribution is -2.05. The van der Waals surface area contributed by atoms with Crippen molar-refractivity contribution in [2.75, 3.05) is 5.32 Å². The molecule has 2 aromatic rings. The van der Waals surface area contributed by atoms with Crippen LogP contribution in [0.4, 0.5) is 5.13 Å². The molecule has 0 radical (unpaired) electrons. The summed E-state index contributed by atoms with van der Waals surface area (Å²) in [4.78, 5) is 4.18. The molecule has 0 spiro atoms. The first kappa shape index (κ1) is 10.5. The van der Waals surface area contributed by atoms with Crippen molar-refractivity contribution in [3.05, 3.63) is 46.4 Å². The molecule has 1 N–H and O–H groups in total. The average Bonchev–Trinajstić information content (AvgIpc) is 2.71. The molecule has 1 unspecified atom stereocenters. The van der Waals surface area contributed by atoms with Gasteiger partial charge in [-0.2, -0.15) is 0 Å². The van der Waals surface area contributed by atoms with E-state index in [1.807, 2.05) is 29.6 Å². The van der Waals surface area contributed by atoms with Gasteiger partial charge < -0.3 is 5.32 Å². The number of rotatable bonds is 3. The summed E-state index contributed by atoms with van der Waals surface area (Å²) >= 11 is 7.43. The van der Waals surface area contributed by atoms with Crippen molar-refractivity contribution in [3.8, 4) is 0 Å². The quantitative estimate of drug-likeness (QED) is 0.875. The predicted molar refractivity (Wildman–Crippen MR) is 65.6 cm³/mol. The van der Waals surface area contributed by atoms with E-state index in [4.69, 9.17) is 11.6 Å². The molecule has 2 rings (SSSR count). The molecule has 0 amide bonds. The lowest BCUT2D eigenvalue weighted by molar-refractivity contribution is 0.882. The minimum Gasteiger partial charge on any atom is -0.355 e. The van der Waals surface area contributed by atoms with Gasteiger partial charge in [0.05, 0.1) is 6.04 Å². The molecule has 1 aromatic heterocycles. The third-order valence-electron chi connectivity index (χ3n) is 2.14. The Morgan fingerprint density at radius 3 is 2.67 bits per heavy atom. The number of halogens is 1. The van der Waals surface area contributed by atoms with Gasteiger partial charge in [0.1, 0.15) is 0 Å². The van der Waals surface area contributed by atoms with Crippen molar-refractivity contribution in [2.24, 2.45) is 0 Å². The topological polar surface area (TPSA) is 24.9 Å². The van der Waals surface area contributed by atoms with Gasteiger partial charge in [-0.25, -0.2) is 4.98 Å². The van der Waals surface area contributed by atoms with E-state index >= 15 is 0 Å². The Balaban J connectivity index is 2.08. The van der Waals surface area contributed by atoms with Crippen LogP contribution < -0.4 is 5.32 Å². The fourth-order valence-electron chi connectivity index (χ4n) is 1.31. The summed E-state index contributed by atoms with van der Waals surface area (Å²) in [6.45, 7) is 2.10. The molecule has 4 heteroatoms. The maximum atomic E-state index is 5.83. The number of hydrogen-bond acceptors (Lipinski definition) is 3. The number of aromatic nitrogens is 1. The molecule has 0 fully saturated rings.